The molecule has 1 saturated heterocycles. The number of amides is 1. The van der Waals surface area contributed by atoms with Crippen LogP contribution in [-0.2, 0) is 14.6 Å². The highest BCUT2D eigenvalue weighted by atomic mass is 32.2. The van der Waals surface area contributed by atoms with Crippen molar-refractivity contribution in [3.63, 3.8) is 0 Å². The number of hydrogen-bond donors (Lipinski definition) is 1. The second-order valence-electron chi connectivity index (χ2n) is 6.42. The van der Waals surface area contributed by atoms with Crippen molar-refractivity contribution >= 4 is 33.2 Å². The molecule has 0 unspecified atom stereocenters. The molecule has 150 valence electrons. The smallest absolute Gasteiger partial charge is 0.234 e. The Morgan fingerprint density at radius 1 is 1.07 bits per heavy atom. The molecule has 1 aliphatic rings. The number of thioether (sulfide) groups is 1. The first-order valence-corrected chi connectivity index (χ1v) is 11.9. The molecule has 1 N–H and O–H groups in total. The Hall–Kier alpha value is -2.19. The lowest BCUT2D eigenvalue weighted by Gasteiger charge is -2.10. The Bertz CT molecular complexity index is 895. The van der Waals surface area contributed by atoms with Crippen molar-refractivity contribution in [1.82, 2.24) is 0 Å². The minimum Gasteiger partial charge on any atom is -0.494 e. The van der Waals surface area contributed by atoms with Gasteiger partial charge in [0.2, 0.25) is 5.91 Å². The quantitative estimate of drug-likeness (QED) is 0.699. The molecule has 28 heavy (non-hydrogen) atoms. The van der Waals surface area contributed by atoms with Gasteiger partial charge in [0.1, 0.15) is 17.2 Å². The number of rotatable bonds is 8. The molecule has 8 heteroatoms. The van der Waals surface area contributed by atoms with Gasteiger partial charge in [-0.3, -0.25) is 4.79 Å². The van der Waals surface area contributed by atoms with Crippen LogP contribution in [0.1, 0.15) is 13.3 Å². The number of ether oxygens (including phenoxy) is 2. The highest BCUT2D eigenvalue weighted by Gasteiger charge is 2.28. The maximum absolute atomic E-state index is 12.1. The van der Waals surface area contributed by atoms with E-state index in [1.54, 1.807) is 24.3 Å². The van der Waals surface area contributed by atoms with Gasteiger partial charge in [-0.25, -0.2) is 8.42 Å². The van der Waals surface area contributed by atoms with Gasteiger partial charge in [0.25, 0.3) is 0 Å². The molecule has 1 fully saturated rings. The molecule has 0 aromatic heterocycles. The third kappa shape index (κ3) is 6.17. The summed E-state index contributed by atoms with van der Waals surface area (Å²) in [5, 5.41) is 2.83. The molecule has 6 nitrogen and oxygen atoms in total. The van der Waals surface area contributed by atoms with E-state index in [0.29, 0.717) is 30.2 Å². The molecule has 3 rings (SSSR count). The third-order valence-corrected chi connectivity index (χ3v) is 7.43. The second-order valence-corrected chi connectivity index (χ2v) is 9.93. The van der Waals surface area contributed by atoms with Crippen LogP contribution in [0.4, 0.5) is 5.69 Å². The molecule has 1 aliphatic heterocycles. The van der Waals surface area contributed by atoms with Crippen LogP contribution in [0.25, 0.3) is 0 Å². The lowest BCUT2D eigenvalue weighted by Crippen LogP contribution is -2.17. The van der Waals surface area contributed by atoms with Crippen LogP contribution < -0.4 is 14.8 Å². The molecule has 1 heterocycles. The summed E-state index contributed by atoms with van der Waals surface area (Å²) >= 11 is 1.40. The van der Waals surface area contributed by atoms with Crippen LogP contribution in [0, 0.1) is 0 Å². The summed E-state index contributed by atoms with van der Waals surface area (Å²) in [5.41, 5.74) is 0.670. The second kappa shape index (κ2) is 9.34. The number of benzene rings is 2. The van der Waals surface area contributed by atoms with Crippen LogP contribution in [-0.4, -0.2) is 43.4 Å². The highest BCUT2D eigenvalue weighted by molar-refractivity contribution is 8.02. The minimum absolute atomic E-state index is 0.0145. The van der Waals surface area contributed by atoms with Crippen molar-refractivity contribution < 1.29 is 22.7 Å². The van der Waals surface area contributed by atoms with E-state index in [0.717, 1.165) is 5.75 Å². The Labute approximate surface area is 169 Å². The summed E-state index contributed by atoms with van der Waals surface area (Å²) in [6.07, 6.45) is 0.623. The van der Waals surface area contributed by atoms with E-state index in [1.807, 2.05) is 31.2 Å². The zero-order valence-corrected chi connectivity index (χ0v) is 17.2. The first-order valence-electron chi connectivity index (χ1n) is 9.06. The number of sulfone groups is 1. The largest absolute Gasteiger partial charge is 0.494 e. The fraction of sp³-hybridized carbons (Fsp3) is 0.350. The SMILES string of the molecule is CCOc1ccc(Oc2ccc(NC(=O)CS[C@@H]3CCS(=O)(=O)C3)cc2)cc1. The van der Waals surface area contributed by atoms with Crippen molar-refractivity contribution in [2.24, 2.45) is 0 Å². The van der Waals surface area contributed by atoms with E-state index in [4.69, 9.17) is 9.47 Å². The standard InChI is InChI=1S/C20H23NO5S2/c1-2-25-16-7-9-18(10-8-16)26-17-5-3-15(4-6-17)21-20(22)13-27-19-11-12-28(23,24)14-19/h3-10,19H,2,11-14H2,1H3,(H,21,22)/t19-/m1/s1. The monoisotopic (exact) mass is 421 g/mol. The van der Waals surface area contributed by atoms with Crippen molar-refractivity contribution in [2.45, 2.75) is 18.6 Å². The third-order valence-electron chi connectivity index (χ3n) is 4.15. The number of carbonyl (C=O) groups excluding carboxylic acids is 1. The Kier molecular flexibility index (Phi) is 6.85. The molecule has 1 atom stereocenters. The Morgan fingerprint density at radius 3 is 2.25 bits per heavy atom. The fourth-order valence-corrected chi connectivity index (χ4v) is 6.24. The number of carbonyl (C=O) groups is 1. The average molecular weight is 422 g/mol. The van der Waals surface area contributed by atoms with Gasteiger partial charge in [0, 0.05) is 10.9 Å². The van der Waals surface area contributed by atoms with E-state index in [9.17, 15) is 13.2 Å². The fourth-order valence-electron chi connectivity index (χ4n) is 2.80. The molecule has 0 saturated carbocycles. The normalized spacial score (nSPS) is 17.8. The van der Waals surface area contributed by atoms with Crippen molar-refractivity contribution in [1.29, 1.82) is 0 Å². The maximum Gasteiger partial charge on any atom is 0.234 e. The molecular formula is C20H23NO5S2. The molecule has 0 spiro atoms. The van der Waals surface area contributed by atoms with Crippen LogP contribution in [0.2, 0.25) is 0 Å². The van der Waals surface area contributed by atoms with Crippen molar-refractivity contribution in [2.75, 3.05) is 29.2 Å². The molecule has 0 radical (unpaired) electrons. The van der Waals surface area contributed by atoms with Gasteiger partial charge in [-0.1, -0.05) is 0 Å². The van der Waals surface area contributed by atoms with E-state index in [-0.39, 0.29) is 28.4 Å². The average Bonchev–Trinajstić information content (AvgIpc) is 3.02. The van der Waals surface area contributed by atoms with Crippen LogP contribution in [0.3, 0.4) is 0 Å². The predicted octanol–water partition coefficient (Wildman–Crippen LogP) is 3.74. The number of hydrogen-bond acceptors (Lipinski definition) is 6. The van der Waals surface area contributed by atoms with Gasteiger partial charge in [-0.05, 0) is 61.9 Å². The molecular weight excluding hydrogens is 398 g/mol. The van der Waals surface area contributed by atoms with E-state index in [2.05, 4.69) is 5.32 Å². The van der Waals surface area contributed by atoms with Gasteiger partial charge < -0.3 is 14.8 Å². The van der Waals surface area contributed by atoms with Crippen LogP contribution in [0.5, 0.6) is 17.2 Å². The summed E-state index contributed by atoms with van der Waals surface area (Å²) in [6.45, 7) is 2.55. The van der Waals surface area contributed by atoms with Crippen molar-refractivity contribution in [3.8, 4) is 17.2 Å². The zero-order chi connectivity index (χ0) is 20.0. The zero-order valence-electron chi connectivity index (χ0n) is 15.6. The van der Waals surface area contributed by atoms with E-state index < -0.39 is 9.84 Å². The van der Waals surface area contributed by atoms with E-state index in [1.165, 1.54) is 11.8 Å². The molecule has 0 aliphatic carbocycles. The van der Waals surface area contributed by atoms with Gasteiger partial charge in [0.05, 0.1) is 23.9 Å². The lowest BCUT2D eigenvalue weighted by molar-refractivity contribution is -0.113. The first-order chi connectivity index (χ1) is 13.4. The Balaban J connectivity index is 1.46. The lowest BCUT2D eigenvalue weighted by atomic mass is 10.3. The van der Waals surface area contributed by atoms with Crippen LogP contribution in [0.15, 0.2) is 48.5 Å². The number of anilines is 1. The molecule has 2 aromatic rings. The molecule has 2 aromatic carbocycles. The first kappa shape index (κ1) is 20.5. The molecule has 0 bridgehead atoms. The summed E-state index contributed by atoms with van der Waals surface area (Å²) in [5.74, 6) is 2.64. The highest BCUT2D eigenvalue weighted by Crippen LogP contribution is 2.26. The van der Waals surface area contributed by atoms with Crippen LogP contribution >= 0.6 is 11.8 Å². The summed E-state index contributed by atoms with van der Waals surface area (Å²) in [7, 11) is -2.91. The Morgan fingerprint density at radius 2 is 1.68 bits per heavy atom. The topological polar surface area (TPSA) is 81.7 Å². The predicted molar refractivity (Wildman–Crippen MR) is 112 cm³/mol. The van der Waals surface area contributed by atoms with Gasteiger partial charge in [0.15, 0.2) is 9.84 Å². The summed E-state index contributed by atoms with van der Waals surface area (Å²) in [6, 6.07) is 14.5. The molecule has 1 amide bonds. The van der Waals surface area contributed by atoms with Gasteiger partial charge >= 0.3 is 0 Å². The summed E-state index contributed by atoms with van der Waals surface area (Å²) in [4.78, 5) is 12.1. The van der Waals surface area contributed by atoms with Gasteiger partial charge in [-0.2, -0.15) is 0 Å². The van der Waals surface area contributed by atoms with E-state index >= 15 is 0 Å². The summed E-state index contributed by atoms with van der Waals surface area (Å²) < 4.78 is 34.1. The van der Waals surface area contributed by atoms with Crippen molar-refractivity contribution in [3.05, 3.63) is 48.5 Å². The maximum atomic E-state index is 12.1. The number of nitrogens with one attached hydrogen (secondary N) is 1. The minimum atomic E-state index is -2.91. The van der Waals surface area contributed by atoms with Gasteiger partial charge in [-0.15, -0.1) is 11.8 Å².